The van der Waals surface area contributed by atoms with Gasteiger partial charge in [0, 0.05) is 17.8 Å². The number of nitrogens with two attached hydrogens (primary N) is 2. The lowest BCUT2D eigenvalue weighted by atomic mass is 10.2. The maximum absolute atomic E-state index is 10.4. The highest BCUT2D eigenvalue weighted by molar-refractivity contribution is 5.80. The molecule has 0 spiro atoms. The van der Waals surface area contributed by atoms with Crippen LogP contribution in [0.2, 0.25) is 0 Å². The minimum atomic E-state index is -0.355. The molecule has 0 amide bonds. The molecule has 0 fully saturated rings. The summed E-state index contributed by atoms with van der Waals surface area (Å²) >= 11 is 0. The fourth-order valence-electron chi connectivity index (χ4n) is 1.66. The van der Waals surface area contributed by atoms with E-state index in [-0.39, 0.29) is 25.6 Å². The van der Waals surface area contributed by atoms with Crippen molar-refractivity contribution in [3.05, 3.63) is 36.0 Å². The molecule has 2 aromatic rings. The van der Waals surface area contributed by atoms with E-state index in [1.807, 2.05) is 30.3 Å². The van der Waals surface area contributed by atoms with Gasteiger partial charge in [0.1, 0.15) is 6.61 Å². The maximum atomic E-state index is 10.4. The third-order valence-electron chi connectivity index (χ3n) is 2.56. The number of carbonyl (C=O) groups is 1. The third-order valence-corrected chi connectivity index (χ3v) is 2.56. The number of rotatable bonds is 5. The number of nitrogens with zero attached hydrogens (tertiary/aromatic N) is 1. The van der Waals surface area contributed by atoms with E-state index >= 15 is 0 Å². The molecule has 0 aliphatic carbocycles. The summed E-state index contributed by atoms with van der Waals surface area (Å²) in [5, 5.41) is 17.8. The van der Waals surface area contributed by atoms with Gasteiger partial charge in [-0.1, -0.05) is 18.2 Å². The van der Waals surface area contributed by atoms with Crippen LogP contribution in [0.5, 0.6) is 0 Å². The van der Waals surface area contributed by atoms with Crippen LogP contribution in [0.1, 0.15) is 12.1 Å². The number of aliphatic hydroxyl groups excluding tert-OH is 1. The predicted octanol–water partition coefficient (Wildman–Crippen LogP) is 0.184. The Kier molecular flexibility index (Phi) is 12.7. The van der Waals surface area contributed by atoms with Crippen LogP contribution in [0.4, 0.5) is 0 Å². The Labute approximate surface area is 141 Å². The molecule has 0 radical (unpaired) electrons. The van der Waals surface area contributed by atoms with E-state index in [1.165, 1.54) is 5.39 Å². The van der Waals surface area contributed by atoms with Crippen LogP contribution in [0.3, 0.4) is 0 Å². The van der Waals surface area contributed by atoms with Crippen molar-refractivity contribution in [2.75, 3.05) is 26.8 Å². The zero-order valence-electron chi connectivity index (χ0n) is 13.8. The molecule has 7 N–H and O–H groups in total. The van der Waals surface area contributed by atoms with E-state index < -0.39 is 0 Å². The van der Waals surface area contributed by atoms with Gasteiger partial charge >= 0.3 is 5.97 Å². The minimum absolute atomic E-state index is 0.0683. The quantitative estimate of drug-likeness (QED) is 0.297. The lowest BCUT2D eigenvalue weighted by molar-refractivity contribution is -0.144. The number of carbonyl (C=O) groups excluding carboxylic acids is 1. The minimum Gasteiger partial charge on any atom is -0.463 e. The Bertz CT molecular complexity index is 588. The number of aromatic amines is 1. The Hall–Kier alpha value is -2.44. The monoisotopic (exact) mass is 335 g/mol. The first kappa shape index (κ1) is 21.6. The summed E-state index contributed by atoms with van der Waals surface area (Å²) in [6.07, 6.45) is 0.675. The van der Waals surface area contributed by atoms with Gasteiger partial charge in [-0.15, -0.1) is 0 Å². The van der Waals surface area contributed by atoms with Gasteiger partial charge in [-0.2, -0.15) is 5.26 Å². The molecule has 0 aliphatic rings. The molecule has 0 saturated heterocycles. The second-order valence-electron chi connectivity index (χ2n) is 4.49. The summed E-state index contributed by atoms with van der Waals surface area (Å²) < 4.78 is 4.46. The Morgan fingerprint density at radius 2 is 2.12 bits per heavy atom. The summed E-state index contributed by atoms with van der Waals surface area (Å²) in [6.45, 7) is 0.236. The van der Waals surface area contributed by atoms with Crippen LogP contribution in [0.25, 0.3) is 10.9 Å². The van der Waals surface area contributed by atoms with Crippen molar-refractivity contribution in [2.45, 2.75) is 12.8 Å². The van der Waals surface area contributed by atoms with Gasteiger partial charge in [-0.3, -0.25) is 16.1 Å². The van der Waals surface area contributed by atoms with Crippen molar-refractivity contribution in [3.8, 4) is 6.07 Å². The van der Waals surface area contributed by atoms with Gasteiger partial charge in [0.15, 0.2) is 0 Å². The normalized spacial score (nSPS) is 9.12. The Balaban J connectivity index is 0.000000394. The SMILES string of the molecule is CNN.N#CCc1cc2ccccc2[nH]1.NCCC(=O)OCCO. The molecule has 0 aliphatic heterocycles. The molecule has 8 heteroatoms. The number of nitrogens with one attached hydrogen (secondary N) is 2. The number of aromatic nitrogens is 1. The number of benzene rings is 1. The second kappa shape index (κ2) is 14.2. The Morgan fingerprint density at radius 1 is 1.46 bits per heavy atom. The average Bonchev–Trinajstić information content (AvgIpc) is 2.97. The van der Waals surface area contributed by atoms with E-state index in [2.05, 4.69) is 27.1 Å². The summed E-state index contributed by atoms with van der Waals surface area (Å²) in [7, 11) is 1.65. The average molecular weight is 335 g/mol. The highest BCUT2D eigenvalue weighted by atomic mass is 16.5. The molecule has 1 aromatic heterocycles. The fourth-order valence-corrected chi connectivity index (χ4v) is 1.66. The van der Waals surface area contributed by atoms with Gasteiger partial charge in [0.2, 0.25) is 0 Å². The number of fused-ring (bicyclic) bond motifs is 1. The maximum Gasteiger partial charge on any atom is 0.307 e. The molecule has 132 valence electrons. The number of hydrazine groups is 1. The largest absolute Gasteiger partial charge is 0.463 e. The van der Waals surface area contributed by atoms with Crippen LogP contribution in [-0.4, -0.2) is 42.9 Å². The van der Waals surface area contributed by atoms with Crippen molar-refractivity contribution in [1.29, 1.82) is 5.26 Å². The zero-order chi connectivity index (χ0) is 18.2. The van der Waals surface area contributed by atoms with Gasteiger partial charge < -0.3 is 20.6 Å². The van der Waals surface area contributed by atoms with Crippen LogP contribution < -0.4 is 17.0 Å². The van der Waals surface area contributed by atoms with E-state index in [0.717, 1.165) is 11.2 Å². The van der Waals surface area contributed by atoms with Crippen LogP contribution in [-0.2, 0) is 16.0 Å². The van der Waals surface area contributed by atoms with Crippen LogP contribution in [0, 0.1) is 11.3 Å². The van der Waals surface area contributed by atoms with E-state index in [1.54, 1.807) is 7.05 Å². The number of para-hydroxylation sites is 1. The second-order valence-corrected chi connectivity index (χ2v) is 4.49. The molecule has 0 unspecified atom stereocenters. The number of hydrogen-bond acceptors (Lipinski definition) is 7. The number of esters is 1. The first-order valence-electron chi connectivity index (χ1n) is 7.40. The molecule has 8 nitrogen and oxygen atoms in total. The summed E-state index contributed by atoms with van der Waals surface area (Å²) in [4.78, 5) is 13.6. The van der Waals surface area contributed by atoms with E-state index in [4.69, 9.17) is 16.1 Å². The van der Waals surface area contributed by atoms with Crippen molar-refractivity contribution in [2.24, 2.45) is 11.6 Å². The van der Waals surface area contributed by atoms with Crippen LogP contribution in [0.15, 0.2) is 30.3 Å². The van der Waals surface area contributed by atoms with Crippen molar-refractivity contribution in [1.82, 2.24) is 10.4 Å². The van der Waals surface area contributed by atoms with Gasteiger partial charge in [-0.25, -0.2) is 0 Å². The molecule has 24 heavy (non-hydrogen) atoms. The highest BCUT2D eigenvalue weighted by Gasteiger charge is 1.98. The molecular formula is C16H25N5O3. The smallest absolute Gasteiger partial charge is 0.307 e. The summed E-state index contributed by atoms with van der Waals surface area (Å²) in [6, 6.07) is 12.1. The lowest BCUT2D eigenvalue weighted by Gasteiger charge is -1.98. The first-order chi connectivity index (χ1) is 11.6. The number of nitriles is 1. The summed E-state index contributed by atoms with van der Waals surface area (Å²) in [5.41, 5.74) is 9.37. The summed E-state index contributed by atoms with van der Waals surface area (Å²) in [5.74, 6) is 4.24. The molecule has 1 aromatic carbocycles. The number of ether oxygens (including phenoxy) is 1. The topological polar surface area (TPSA) is 150 Å². The first-order valence-corrected chi connectivity index (χ1v) is 7.40. The molecule has 0 bridgehead atoms. The fraction of sp³-hybridized carbons (Fsp3) is 0.375. The predicted molar refractivity (Wildman–Crippen MR) is 92.6 cm³/mol. The Morgan fingerprint density at radius 3 is 2.67 bits per heavy atom. The van der Waals surface area contributed by atoms with Crippen molar-refractivity contribution in [3.63, 3.8) is 0 Å². The molecule has 1 heterocycles. The van der Waals surface area contributed by atoms with Crippen molar-refractivity contribution < 1.29 is 14.6 Å². The van der Waals surface area contributed by atoms with E-state index in [9.17, 15) is 4.79 Å². The molecular weight excluding hydrogens is 310 g/mol. The number of hydrogen-bond donors (Lipinski definition) is 5. The molecule has 0 atom stereocenters. The number of aliphatic hydroxyl groups is 1. The highest BCUT2D eigenvalue weighted by Crippen LogP contribution is 2.14. The zero-order valence-corrected chi connectivity index (χ0v) is 13.8. The molecule has 0 saturated carbocycles. The third kappa shape index (κ3) is 9.55. The lowest BCUT2D eigenvalue weighted by Crippen LogP contribution is -2.13. The number of H-pyrrole nitrogens is 1. The molecule has 2 rings (SSSR count). The van der Waals surface area contributed by atoms with Gasteiger partial charge in [0.25, 0.3) is 0 Å². The standard InChI is InChI=1S/C10H8N2.C5H11NO3.CH6N2/c11-6-5-9-7-8-3-1-2-4-10(8)12-9;6-2-1-5(8)9-4-3-7;1-3-2/h1-4,7,12H,5H2;7H,1-4,6H2;3H,2H2,1H3. The van der Waals surface area contributed by atoms with Gasteiger partial charge in [-0.05, 0) is 24.6 Å². The van der Waals surface area contributed by atoms with Gasteiger partial charge in [0.05, 0.1) is 25.5 Å². The van der Waals surface area contributed by atoms with E-state index in [0.29, 0.717) is 13.0 Å². The van der Waals surface area contributed by atoms with Crippen molar-refractivity contribution >= 4 is 16.9 Å². The van der Waals surface area contributed by atoms with Crippen LogP contribution >= 0.6 is 0 Å².